The van der Waals surface area contributed by atoms with Gasteiger partial charge in [-0.25, -0.2) is 9.18 Å². The zero-order valence-corrected chi connectivity index (χ0v) is 17.4. The molecule has 2 N–H and O–H groups in total. The average molecular weight is 393 g/mol. The Kier molecular flexibility index (Phi) is 8.08. The summed E-state index contributed by atoms with van der Waals surface area (Å²) in [6.45, 7) is 8.36. The molecule has 0 aromatic heterocycles. The third-order valence-corrected chi connectivity index (χ3v) is 4.60. The van der Waals surface area contributed by atoms with Crippen molar-refractivity contribution in [1.29, 1.82) is 0 Å². The van der Waals surface area contributed by atoms with Gasteiger partial charge in [0.25, 0.3) is 0 Å². The number of halogens is 1. The molecule has 0 radical (unpaired) electrons. The Labute approximate surface area is 167 Å². The van der Waals surface area contributed by atoms with Crippen LogP contribution in [0.25, 0.3) is 0 Å². The number of ether oxygens (including phenoxy) is 1. The van der Waals surface area contributed by atoms with Gasteiger partial charge in [0.2, 0.25) is 0 Å². The molecule has 1 aromatic carbocycles. The second-order valence-electron chi connectivity index (χ2n) is 8.16. The first-order chi connectivity index (χ1) is 13.3. The lowest BCUT2D eigenvalue weighted by molar-refractivity contribution is 0.0168. The zero-order chi connectivity index (χ0) is 20.6. The summed E-state index contributed by atoms with van der Waals surface area (Å²) in [5.74, 6) is 0.841. The second-order valence-corrected chi connectivity index (χ2v) is 8.16. The zero-order valence-electron chi connectivity index (χ0n) is 17.4. The molecule has 0 spiro atoms. The number of amides is 1. The van der Waals surface area contributed by atoms with Crippen LogP contribution in [0.3, 0.4) is 0 Å². The van der Waals surface area contributed by atoms with E-state index >= 15 is 0 Å². The maximum Gasteiger partial charge on any atom is 0.410 e. The highest BCUT2D eigenvalue weighted by atomic mass is 19.1. The molecule has 2 rings (SSSR count). The van der Waals surface area contributed by atoms with Crippen LogP contribution >= 0.6 is 0 Å². The fourth-order valence-electron chi connectivity index (χ4n) is 3.20. The van der Waals surface area contributed by atoms with Gasteiger partial charge in [-0.1, -0.05) is 18.2 Å². The maximum atomic E-state index is 13.7. The standard InChI is InChI=1S/C21H33FN4O2/c1-21(2,3)28-20(27)26-13-7-8-16(15-26)14-25-19(23-4)24-12-11-17-9-5-6-10-18(17)22/h5-6,9-10,16H,7-8,11-15H2,1-4H3,(H2,23,24,25). The maximum absolute atomic E-state index is 13.7. The topological polar surface area (TPSA) is 66.0 Å². The van der Waals surface area contributed by atoms with Crippen molar-refractivity contribution in [3.8, 4) is 0 Å². The smallest absolute Gasteiger partial charge is 0.410 e. The number of nitrogens with zero attached hydrogens (tertiary/aromatic N) is 2. The van der Waals surface area contributed by atoms with Crippen molar-refractivity contribution in [2.45, 2.75) is 45.6 Å². The molecule has 1 amide bonds. The molecule has 6 nitrogen and oxygen atoms in total. The number of guanidine groups is 1. The lowest BCUT2D eigenvalue weighted by Crippen LogP contribution is -2.47. The summed E-state index contributed by atoms with van der Waals surface area (Å²) in [5.41, 5.74) is 0.206. The Hall–Kier alpha value is -2.31. The van der Waals surface area contributed by atoms with Crippen molar-refractivity contribution in [3.63, 3.8) is 0 Å². The largest absolute Gasteiger partial charge is 0.444 e. The molecule has 1 aliphatic rings. The van der Waals surface area contributed by atoms with E-state index in [4.69, 9.17) is 4.74 Å². The quantitative estimate of drug-likeness (QED) is 0.597. The Balaban J connectivity index is 1.75. The first-order valence-corrected chi connectivity index (χ1v) is 9.94. The van der Waals surface area contributed by atoms with E-state index in [2.05, 4.69) is 15.6 Å². The van der Waals surface area contributed by atoms with E-state index in [1.807, 2.05) is 26.8 Å². The van der Waals surface area contributed by atoms with Gasteiger partial charge in [-0.2, -0.15) is 0 Å². The third-order valence-electron chi connectivity index (χ3n) is 4.60. The minimum atomic E-state index is -0.480. The molecular formula is C21H33FN4O2. The van der Waals surface area contributed by atoms with Crippen molar-refractivity contribution in [2.24, 2.45) is 10.9 Å². The first-order valence-electron chi connectivity index (χ1n) is 9.94. The number of likely N-dealkylation sites (tertiary alicyclic amines) is 1. The van der Waals surface area contributed by atoms with Crippen LogP contribution in [0, 0.1) is 11.7 Å². The summed E-state index contributed by atoms with van der Waals surface area (Å²) >= 11 is 0. The highest BCUT2D eigenvalue weighted by Gasteiger charge is 2.27. The highest BCUT2D eigenvalue weighted by molar-refractivity contribution is 5.79. The molecule has 7 heteroatoms. The highest BCUT2D eigenvalue weighted by Crippen LogP contribution is 2.18. The summed E-state index contributed by atoms with van der Waals surface area (Å²) in [6.07, 6.45) is 2.36. The Morgan fingerprint density at radius 3 is 2.75 bits per heavy atom. The van der Waals surface area contributed by atoms with Crippen molar-refractivity contribution in [2.75, 3.05) is 33.2 Å². The number of nitrogens with one attached hydrogen (secondary N) is 2. The Morgan fingerprint density at radius 1 is 1.32 bits per heavy atom. The number of benzene rings is 1. The molecule has 1 unspecified atom stereocenters. The normalized spacial score (nSPS) is 18.0. The molecule has 1 aliphatic heterocycles. The van der Waals surface area contributed by atoms with E-state index in [9.17, 15) is 9.18 Å². The van der Waals surface area contributed by atoms with Crippen LogP contribution in [0.5, 0.6) is 0 Å². The summed E-state index contributed by atoms with van der Waals surface area (Å²) in [4.78, 5) is 18.3. The molecule has 1 heterocycles. The van der Waals surface area contributed by atoms with E-state index in [0.29, 0.717) is 37.0 Å². The minimum Gasteiger partial charge on any atom is -0.444 e. The number of rotatable bonds is 5. The van der Waals surface area contributed by atoms with Crippen LogP contribution in [-0.2, 0) is 11.2 Å². The molecule has 0 bridgehead atoms. The van der Waals surface area contributed by atoms with Crippen LogP contribution < -0.4 is 10.6 Å². The predicted octanol–water partition coefficient (Wildman–Crippen LogP) is 3.18. The summed E-state index contributed by atoms with van der Waals surface area (Å²) in [5, 5.41) is 6.53. The number of carbonyl (C=O) groups excluding carboxylic acids is 1. The number of hydrogen-bond acceptors (Lipinski definition) is 3. The van der Waals surface area contributed by atoms with Crippen molar-refractivity contribution in [1.82, 2.24) is 15.5 Å². The molecule has 1 atom stereocenters. The van der Waals surface area contributed by atoms with E-state index in [1.165, 1.54) is 6.07 Å². The van der Waals surface area contributed by atoms with E-state index in [1.54, 1.807) is 24.1 Å². The Bertz CT molecular complexity index is 673. The van der Waals surface area contributed by atoms with E-state index in [0.717, 1.165) is 25.9 Å². The fraction of sp³-hybridized carbons (Fsp3) is 0.619. The van der Waals surface area contributed by atoms with Gasteiger partial charge < -0.3 is 20.3 Å². The fourth-order valence-corrected chi connectivity index (χ4v) is 3.20. The third kappa shape index (κ3) is 7.37. The summed E-state index contributed by atoms with van der Waals surface area (Å²) in [7, 11) is 1.71. The van der Waals surface area contributed by atoms with Crippen molar-refractivity contribution >= 4 is 12.1 Å². The van der Waals surface area contributed by atoms with Gasteiger partial charge in [-0.3, -0.25) is 4.99 Å². The molecule has 0 aliphatic carbocycles. The summed E-state index contributed by atoms with van der Waals surface area (Å²) in [6, 6.07) is 6.80. The van der Waals surface area contributed by atoms with Gasteiger partial charge >= 0.3 is 6.09 Å². The van der Waals surface area contributed by atoms with E-state index < -0.39 is 5.60 Å². The van der Waals surface area contributed by atoms with Gasteiger partial charge in [0.15, 0.2) is 5.96 Å². The second kappa shape index (κ2) is 10.3. The summed E-state index contributed by atoms with van der Waals surface area (Å²) < 4.78 is 19.2. The van der Waals surface area contributed by atoms with Crippen molar-refractivity contribution < 1.29 is 13.9 Å². The van der Waals surface area contributed by atoms with Gasteiger partial charge in [-0.15, -0.1) is 0 Å². The number of carbonyl (C=O) groups is 1. The molecule has 28 heavy (non-hydrogen) atoms. The molecule has 1 aromatic rings. The lowest BCUT2D eigenvalue weighted by atomic mass is 9.98. The molecule has 1 fully saturated rings. The van der Waals surface area contributed by atoms with Crippen LogP contribution in [0.15, 0.2) is 29.3 Å². The van der Waals surface area contributed by atoms with Crippen molar-refractivity contribution in [3.05, 3.63) is 35.6 Å². The number of piperidine rings is 1. The minimum absolute atomic E-state index is 0.184. The molecule has 156 valence electrons. The van der Waals surface area contributed by atoms with Crippen LogP contribution in [0.2, 0.25) is 0 Å². The lowest BCUT2D eigenvalue weighted by Gasteiger charge is -2.34. The number of hydrogen-bond donors (Lipinski definition) is 2. The van der Waals surface area contributed by atoms with Gasteiger partial charge in [0.1, 0.15) is 11.4 Å². The SMILES string of the molecule is CN=C(NCCc1ccccc1F)NCC1CCCN(C(=O)OC(C)(C)C)C1. The van der Waals surface area contributed by atoms with Gasteiger partial charge in [0, 0.05) is 33.2 Å². The van der Waals surface area contributed by atoms with Crippen LogP contribution in [-0.4, -0.2) is 55.8 Å². The van der Waals surface area contributed by atoms with E-state index in [-0.39, 0.29) is 11.9 Å². The van der Waals surface area contributed by atoms with Crippen LogP contribution in [0.4, 0.5) is 9.18 Å². The molecular weight excluding hydrogens is 359 g/mol. The van der Waals surface area contributed by atoms with Gasteiger partial charge in [-0.05, 0) is 57.6 Å². The molecule has 1 saturated heterocycles. The predicted molar refractivity (Wildman–Crippen MR) is 110 cm³/mol. The van der Waals surface area contributed by atoms with Crippen LogP contribution in [0.1, 0.15) is 39.2 Å². The monoisotopic (exact) mass is 392 g/mol. The number of aliphatic imine (C=N–C) groups is 1. The Morgan fingerprint density at radius 2 is 2.07 bits per heavy atom. The molecule has 0 saturated carbocycles. The first kappa shape index (κ1) is 22.0. The average Bonchev–Trinajstić information content (AvgIpc) is 2.65. The van der Waals surface area contributed by atoms with Gasteiger partial charge in [0.05, 0.1) is 0 Å².